The van der Waals surface area contributed by atoms with Crippen molar-refractivity contribution in [2.75, 3.05) is 26.3 Å². The van der Waals surface area contributed by atoms with Crippen molar-refractivity contribution >= 4 is 5.91 Å². The van der Waals surface area contributed by atoms with E-state index < -0.39 is 0 Å². The number of carbonyl (C=O) groups is 1. The number of nitrogens with zero attached hydrogens (tertiary/aromatic N) is 1. The summed E-state index contributed by atoms with van der Waals surface area (Å²) < 4.78 is 5.22. The molecule has 0 aromatic heterocycles. The molecule has 1 saturated heterocycles. The summed E-state index contributed by atoms with van der Waals surface area (Å²) in [5.74, 6) is 0.0289. The summed E-state index contributed by atoms with van der Waals surface area (Å²) in [6.07, 6.45) is 3.20. The van der Waals surface area contributed by atoms with E-state index in [9.17, 15) is 4.79 Å². The van der Waals surface area contributed by atoms with Crippen LogP contribution in [-0.4, -0.2) is 43.2 Å². The van der Waals surface area contributed by atoms with E-state index in [1.165, 1.54) is 6.08 Å². The lowest BCUT2D eigenvalue weighted by atomic mass is 10.2. The Morgan fingerprint density at radius 1 is 1.77 bits per heavy atom. The van der Waals surface area contributed by atoms with Gasteiger partial charge in [-0.3, -0.25) is 4.79 Å². The molecule has 0 saturated carbocycles. The Labute approximate surface area is 78.3 Å². The fourth-order valence-electron chi connectivity index (χ4n) is 1.32. The maximum absolute atomic E-state index is 11.5. The monoisotopic (exact) mass is 184 g/mol. The Hall–Kier alpha value is -0.870. The average Bonchev–Trinajstić information content (AvgIpc) is 2.15. The van der Waals surface area contributed by atoms with Gasteiger partial charge in [-0.05, 0) is 6.92 Å². The molecular weight excluding hydrogens is 168 g/mol. The van der Waals surface area contributed by atoms with Crippen LogP contribution in [0.4, 0.5) is 0 Å². The number of carbonyl (C=O) groups excluding carboxylic acids is 1. The van der Waals surface area contributed by atoms with Gasteiger partial charge in [0, 0.05) is 19.2 Å². The minimum absolute atomic E-state index is 0.0289. The van der Waals surface area contributed by atoms with E-state index >= 15 is 0 Å². The Bertz CT molecular complexity index is 204. The second-order valence-corrected chi connectivity index (χ2v) is 3.09. The topological polar surface area (TPSA) is 55.6 Å². The lowest BCUT2D eigenvalue weighted by molar-refractivity contribution is -0.133. The van der Waals surface area contributed by atoms with Crippen LogP contribution in [0.2, 0.25) is 0 Å². The Kier molecular flexibility index (Phi) is 3.92. The maximum atomic E-state index is 11.5. The van der Waals surface area contributed by atoms with Crippen LogP contribution in [-0.2, 0) is 9.53 Å². The van der Waals surface area contributed by atoms with Crippen LogP contribution in [0.5, 0.6) is 0 Å². The molecule has 1 unspecified atom stereocenters. The quantitative estimate of drug-likeness (QED) is 0.602. The zero-order valence-corrected chi connectivity index (χ0v) is 7.90. The predicted molar refractivity (Wildman–Crippen MR) is 50.2 cm³/mol. The molecule has 74 valence electrons. The summed E-state index contributed by atoms with van der Waals surface area (Å²) in [6, 6.07) is 0.170. The first-order chi connectivity index (χ1) is 6.25. The molecule has 1 atom stereocenters. The van der Waals surface area contributed by atoms with Crippen LogP contribution < -0.4 is 5.73 Å². The minimum Gasteiger partial charge on any atom is -0.377 e. The van der Waals surface area contributed by atoms with Crippen LogP contribution in [0.15, 0.2) is 12.2 Å². The van der Waals surface area contributed by atoms with Crippen LogP contribution in [0.1, 0.15) is 6.92 Å². The number of rotatable bonds is 2. The van der Waals surface area contributed by atoms with E-state index in [2.05, 4.69) is 0 Å². The predicted octanol–water partition coefficient (Wildman–Crippen LogP) is -0.251. The van der Waals surface area contributed by atoms with Crippen LogP contribution >= 0.6 is 0 Å². The number of amides is 1. The van der Waals surface area contributed by atoms with Gasteiger partial charge in [-0.15, -0.1) is 0 Å². The van der Waals surface area contributed by atoms with Gasteiger partial charge in [0.25, 0.3) is 0 Å². The Morgan fingerprint density at radius 3 is 3.15 bits per heavy atom. The normalized spacial score (nSPS) is 23.8. The first kappa shape index (κ1) is 10.2. The van der Waals surface area contributed by atoms with Gasteiger partial charge in [0.1, 0.15) is 0 Å². The average molecular weight is 184 g/mol. The third kappa shape index (κ3) is 2.82. The van der Waals surface area contributed by atoms with Gasteiger partial charge in [0.15, 0.2) is 0 Å². The van der Waals surface area contributed by atoms with Crippen molar-refractivity contribution in [2.45, 2.75) is 13.0 Å². The van der Waals surface area contributed by atoms with Crippen molar-refractivity contribution in [1.82, 2.24) is 4.90 Å². The molecule has 1 heterocycles. The van der Waals surface area contributed by atoms with Crippen molar-refractivity contribution < 1.29 is 9.53 Å². The molecule has 4 nitrogen and oxygen atoms in total. The molecule has 0 aromatic rings. The lowest BCUT2D eigenvalue weighted by Gasteiger charge is -2.32. The third-order valence-electron chi connectivity index (χ3n) is 2.05. The molecule has 1 rings (SSSR count). The van der Waals surface area contributed by atoms with E-state index in [0.29, 0.717) is 26.3 Å². The molecule has 1 aliphatic rings. The van der Waals surface area contributed by atoms with Crippen LogP contribution in [0, 0.1) is 0 Å². The molecule has 0 spiro atoms. The van der Waals surface area contributed by atoms with Gasteiger partial charge in [0.2, 0.25) is 5.91 Å². The molecule has 1 amide bonds. The Balaban J connectivity index is 2.48. The van der Waals surface area contributed by atoms with E-state index in [-0.39, 0.29) is 11.9 Å². The first-order valence-electron chi connectivity index (χ1n) is 4.50. The Morgan fingerprint density at radius 2 is 2.54 bits per heavy atom. The summed E-state index contributed by atoms with van der Waals surface area (Å²) in [6.45, 7) is 4.32. The molecule has 0 aliphatic carbocycles. The minimum atomic E-state index is 0.0289. The second-order valence-electron chi connectivity index (χ2n) is 3.09. The highest BCUT2D eigenvalue weighted by Crippen LogP contribution is 2.06. The van der Waals surface area contributed by atoms with E-state index in [1.807, 2.05) is 6.92 Å². The van der Waals surface area contributed by atoms with Crippen LogP contribution in [0.3, 0.4) is 0 Å². The van der Waals surface area contributed by atoms with Crippen molar-refractivity contribution in [3.05, 3.63) is 12.2 Å². The van der Waals surface area contributed by atoms with E-state index in [0.717, 1.165) is 0 Å². The largest absolute Gasteiger partial charge is 0.377 e. The molecule has 4 heteroatoms. The number of nitrogens with two attached hydrogens (primary N) is 1. The van der Waals surface area contributed by atoms with E-state index in [4.69, 9.17) is 10.5 Å². The van der Waals surface area contributed by atoms with Gasteiger partial charge in [0.05, 0.1) is 19.3 Å². The summed E-state index contributed by atoms with van der Waals surface area (Å²) in [7, 11) is 0. The smallest absolute Gasteiger partial charge is 0.246 e. The lowest BCUT2D eigenvalue weighted by Crippen LogP contribution is -2.46. The van der Waals surface area contributed by atoms with Gasteiger partial charge in [-0.2, -0.15) is 0 Å². The molecule has 13 heavy (non-hydrogen) atoms. The molecule has 2 N–H and O–H groups in total. The highest BCUT2D eigenvalue weighted by Gasteiger charge is 2.21. The fraction of sp³-hybridized carbons (Fsp3) is 0.667. The SMILES string of the molecule is CC1COCCN1C(=O)/C=C/CN. The highest BCUT2D eigenvalue weighted by molar-refractivity contribution is 5.87. The van der Waals surface area contributed by atoms with Gasteiger partial charge >= 0.3 is 0 Å². The zero-order chi connectivity index (χ0) is 9.68. The van der Waals surface area contributed by atoms with Crippen LogP contribution in [0.25, 0.3) is 0 Å². The second kappa shape index (κ2) is 4.99. The number of hydrogen-bond donors (Lipinski definition) is 1. The summed E-state index contributed by atoms with van der Waals surface area (Å²) in [4.78, 5) is 13.3. The summed E-state index contributed by atoms with van der Waals surface area (Å²) in [5.41, 5.74) is 5.26. The van der Waals surface area contributed by atoms with Crippen molar-refractivity contribution in [1.29, 1.82) is 0 Å². The molecule has 1 fully saturated rings. The molecule has 0 bridgehead atoms. The molecule has 0 aromatic carbocycles. The zero-order valence-electron chi connectivity index (χ0n) is 7.90. The molecule has 1 aliphatic heterocycles. The van der Waals surface area contributed by atoms with Gasteiger partial charge in [-0.1, -0.05) is 6.08 Å². The number of hydrogen-bond acceptors (Lipinski definition) is 3. The molecule has 0 radical (unpaired) electrons. The summed E-state index contributed by atoms with van der Waals surface area (Å²) in [5, 5.41) is 0. The third-order valence-corrected chi connectivity index (χ3v) is 2.05. The van der Waals surface area contributed by atoms with Crippen molar-refractivity contribution in [2.24, 2.45) is 5.73 Å². The summed E-state index contributed by atoms with van der Waals surface area (Å²) >= 11 is 0. The number of ether oxygens (including phenoxy) is 1. The molecular formula is C9H16N2O2. The van der Waals surface area contributed by atoms with Gasteiger partial charge in [-0.25, -0.2) is 0 Å². The van der Waals surface area contributed by atoms with E-state index in [1.54, 1.807) is 11.0 Å². The van der Waals surface area contributed by atoms with Gasteiger partial charge < -0.3 is 15.4 Å². The van der Waals surface area contributed by atoms with Crippen molar-refractivity contribution in [3.8, 4) is 0 Å². The highest BCUT2D eigenvalue weighted by atomic mass is 16.5. The standard InChI is InChI=1S/C9H16N2O2/c1-8-7-13-6-5-11(8)9(12)3-2-4-10/h2-3,8H,4-7,10H2,1H3/b3-2+. The maximum Gasteiger partial charge on any atom is 0.246 e. The van der Waals surface area contributed by atoms with Crippen molar-refractivity contribution in [3.63, 3.8) is 0 Å². The number of morpholine rings is 1. The fourth-order valence-corrected chi connectivity index (χ4v) is 1.32. The first-order valence-corrected chi connectivity index (χ1v) is 4.50.